The first-order valence-electron chi connectivity index (χ1n) is 18.8. The average Bonchev–Trinajstić information content (AvgIpc) is 3.29. The molecule has 0 N–H and O–H groups in total. The molecular weight excluding hydrogens is 928 g/mol. The highest BCUT2D eigenvalue weighted by Gasteiger charge is 2.86. The summed E-state index contributed by atoms with van der Waals surface area (Å²) in [6, 6.07) is 50.1. The second-order valence-corrected chi connectivity index (χ2v) is 20.6. The van der Waals surface area contributed by atoms with Crippen molar-refractivity contribution < 1.29 is 56.3 Å². The molecule has 0 aliphatic heterocycles. The maximum Gasteiger partial charge on any atom is 0.460 e. The second kappa shape index (κ2) is 18.3. The number of methoxy groups -OCH3 is 1. The van der Waals surface area contributed by atoms with Gasteiger partial charge < -0.3 is 4.74 Å². The van der Waals surface area contributed by atoms with Gasteiger partial charge in [0, 0.05) is 34.3 Å². The Morgan fingerprint density at radius 3 is 1.05 bits per heavy atom. The normalized spacial score (nSPS) is 13.1. The highest BCUT2D eigenvalue weighted by Crippen LogP contribution is 2.72. The number of ether oxygens (including phenoxy) is 1. The van der Waals surface area contributed by atoms with Crippen LogP contribution in [0.5, 0.6) is 5.75 Å². The van der Waals surface area contributed by atoms with Crippen LogP contribution in [0.25, 0.3) is 22.3 Å². The van der Waals surface area contributed by atoms with E-state index in [-0.39, 0.29) is 20.4 Å². The van der Waals surface area contributed by atoms with E-state index in [1.807, 2.05) is 109 Å². The average molecular weight is 961 g/mol. The molecular formula is C47H33F9O4S4. The third-order valence-electron chi connectivity index (χ3n) is 9.72. The van der Waals surface area contributed by atoms with Crippen LogP contribution < -0.4 is 4.74 Å². The van der Waals surface area contributed by atoms with E-state index in [4.69, 9.17) is 8.37 Å². The van der Waals surface area contributed by atoms with Crippen LogP contribution in [0.15, 0.2) is 216 Å². The van der Waals surface area contributed by atoms with Crippen molar-refractivity contribution in [3.05, 3.63) is 182 Å². The zero-order valence-corrected chi connectivity index (χ0v) is 36.3. The van der Waals surface area contributed by atoms with Crippen molar-refractivity contribution in [3.63, 3.8) is 0 Å². The largest absolute Gasteiger partial charge is 0.497 e. The van der Waals surface area contributed by atoms with E-state index in [9.17, 15) is 39.2 Å². The number of hydrogen-bond acceptors (Lipinski definition) is 6. The number of rotatable bonds is 15. The van der Waals surface area contributed by atoms with Gasteiger partial charge in [0.1, 0.15) is 5.75 Å². The van der Waals surface area contributed by atoms with Gasteiger partial charge in [-0.2, -0.15) is 47.9 Å². The monoisotopic (exact) mass is 960 g/mol. The fourth-order valence-electron chi connectivity index (χ4n) is 6.35. The van der Waals surface area contributed by atoms with Gasteiger partial charge in [0.05, 0.1) is 7.11 Å². The fourth-order valence-corrected chi connectivity index (χ4v) is 13.2. The summed E-state index contributed by atoms with van der Waals surface area (Å²) < 4.78 is 167. The van der Waals surface area contributed by atoms with Crippen molar-refractivity contribution in [2.75, 3.05) is 7.11 Å². The molecule has 0 aromatic heterocycles. The molecule has 0 amide bonds. The van der Waals surface area contributed by atoms with Crippen LogP contribution in [-0.4, -0.2) is 38.8 Å². The SMILES string of the molecule is COc1ccc(S(OS(=O)(=O)C(F)(F)C(F)(F)C(F)(F)C(F)(F)F)(c2ccc(Sc3ccc(-c4ccccc4)cc3)cc2)c2ccc(Sc3ccc(-c4ccccc4)cc3)cc2)cc1. The third kappa shape index (κ3) is 9.13. The van der Waals surface area contributed by atoms with Crippen molar-refractivity contribution >= 4 is 44.0 Å². The van der Waals surface area contributed by atoms with Crippen LogP contribution in [0, 0.1) is 0 Å². The molecule has 0 aliphatic rings. The first kappa shape index (κ1) is 46.7. The van der Waals surface area contributed by atoms with E-state index >= 15 is 8.78 Å². The summed E-state index contributed by atoms with van der Waals surface area (Å²) in [5.74, 6) is -14.9. The van der Waals surface area contributed by atoms with Crippen molar-refractivity contribution in [2.24, 2.45) is 0 Å². The minimum Gasteiger partial charge on any atom is -0.497 e. The standard InChI is InChI=1S/C47H33F9O4S4/c1-59-36-16-26-41(27-17-36)63(60-64(57,58)47(55,56)45(50,51)44(48,49)46(52,53)54,42-28-22-39(23-29-42)61-37-18-12-34(13-19-37)32-8-4-2-5-9-32)43-30-24-40(25-31-43)62-38-20-14-35(15-21-38)33-10-6-3-7-11-33/h2-31H,1H3. The van der Waals surface area contributed by atoms with Gasteiger partial charge in [-0.1, -0.05) is 108 Å². The number of hydrogen-bond donors (Lipinski definition) is 0. The lowest BCUT2D eigenvalue weighted by Gasteiger charge is -2.41. The Morgan fingerprint density at radius 1 is 0.406 bits per heavy atom. The van der Waals surface area contributed by atoms with E-state index in [1.165, 1.54) is 103 Å². The Bertz CT molecular complexity index is 2650. The molecule has 0 fully saturated rings. The van der Waals surface area contributed by atoms with Gasteiger partial charge in [-0.15, -0.1) is 0 Å². The minimum absolute atomic E-state index is 0.177. The molecule has 332 valence electrons. The van der Waals surface area contributed by atoms with Crippen molar-refractivity contribution in [2.45, 2.75) is 57.5 Å². The Balaban J connectivity index is 1.32. The zero-order chi connectivity index (χ0) is 46.0. The number of alkyl halides is 9. The van der Waals surface area contributed by atoms with Crippen LogP contribution in [0.3, 0.4) is 0 Å². The van der Waals surface area contributed by atoms with Crippen LogP contribution in [0.2, 0.25) is 0 Å². The molecule has 0 bridgehead atoms. The van der Waals surface area contributed by atoms with E-state index < -0.39 is 43.7 Å². The summed E-state index contributed by atoms with van der Waals surface area (Å²) in [6.07, 6.45) is -7.28. The van der Waals surface area contributed by atoms with Crippen LogP contribution in [0.1, 0.15) is 0 Å². The van der Waals surface area contributed by atoms with Crippen LogP contribution in [-0.2, 0) is 13.7 Å². The zero-order valence-electron chi connectivity index (χ0n) is 33.0. The van der Waals surface area contributed by atoms with Crippen molar-refractivity contribution in [1.82, 2.24) is 0 Å². The summed E-state index contributed by atoms with van der Waals surface area (Å²) in [6.45, 7) is 0. The predicted octanol–water partition coefficient (Wildman–Crippen LogP) is 15.3. The molecule has 0 radical (unpaired) electrons. The lowest BCUT2D eigenvalue weighted by molar-refractivity contribution is -0.382. The predicted molar refractivity (Wildman–Crippen MR) is 231 cm³/mol. The summed E-state index contributed by atoms with van der Waals surface area (Å²) in [5, 5.41) is -7.13. The number of halogens is 9. The fraction of sp³-hybridized carbons (Fsp3) is 0.106. The van der Waals surface area contributed by atoms with Gasteiger partial charge in [-0.05, 0) is 130 Å². The Kier molecular flexibility index (Phi) is 13.3. The minimum atomic E-state index is -7.53. The first-order chi connectivity index (χ1) is 30.3. The molecule has 0 saturated carbocycles. The lowest BCUT2D eigenvalue weighted by atomic mass is 10.1. The van der Waals surface area contributed by atoms with Gasteiger partial charge in [0.2, 0.25) is 0 Å². The second-order valence-electron chi connectivity index (χ2n) is 13.8. The van der Waals surface area contributed by atoms with Crippen molar-refractivity contribution in [1.29, 1.82) is 0 Å². The molecule has 0 saturated heterocycles. The Labute approximate surface area is 373 Å². The summed E-state index contributed by atoms with van der Waals surface area (Å²) >= 11 is 2.51. The highest BCUT2D eigenvalue weighted by atomic mass is 32.3. The number of benzene rings is 7. The van der Waals surface area contributed by atoms with Gasteiger partial charge >= 0.3 is 33.4 Å². The molecule has 0 heterocycles. The van der Waals surface area contributed by atoms with E-state index in [0.717, 1.165) is 32.0 Å². The van der Waals surface area contributed by atoms with Gasteiger partial charge in [-0.25, -0.2) is 3.63 Å². The molecule has 7 rings (SSSR count). The van der Waals surface area contributed by atoms with Crippen molar-refractivity contribution in [3.8, 4) is 28.0 Å². The molecule has 17 heteroatoms. The van der Waals surface area contributed by atoms with Crippen LogP contribution in [0.4, 0.5) is 39.5 Å². The molecule has 4 nitrogen and oxygen atoms in total. The molecule has 7 aromatic carbocycles. The summed E-state index contributed by atoms with van der Waals surface area (Å²) in [5.41, 5.74) is 3.83. The van der Waals surface area contributed by atoms with E-state index in [0.29, 0.717) is 9.79 Å². The topological polar surface area (TPSA) is 52.6 Å². The Hall–Kier alpha value is -5.33. The molecule has 0 atom stereocenters. The molecule has 0 aliphatic carbocycles. The third-order valence-corrected chi connectivity index (χ3v) is 17.0. The molecule has 0 unspecified atom stereocenters. The smallest absolute Gasteiger partial charge is 0.460 e. The van der Waals surface area contributed by atoms with Gasteiger partial charge in [0.15, 0.2) is 0 Å². The van der Waals surface area contributed by atoms with Gasteiger partial charge in [0.25, 0.3) is 0 Å². The molecule has 7 aromatic rings. The van der Waals surface area contributed by atoms with E-state index in [2.05, 4.69) is 0 Å². The maximum absolute atomic E-state index is 15.6. The quantitative estimate of drug-likeness (QED) is 0.0955. The van der Waals surface area contributed by atoms with Crippen LogP contribution >= 0.6 is 33.8 Å². The lowest BCUT2D eigenvalue weighted by Crippen LogP contribution is -2.63. The van der Waals surface area contributed by atoms with Gasteiger partial charge in [-0.3, -0.25) is 0 Å². The first-order valence-corrected chi connectivity index (χ1v) is 23.4. The summed E-state index contributed by atoms with van der Waals surface area (Å²) in [4.78, 5) is 1.91. The van der Waals surface area contributed by atoms with E-state index in [1.54, 1.807) is 0 Å². The Morgan fingerprint density at radius 2 is 0.719 bits per heavy atom. The molecule has 64 heavy (non-hydrogen) atoms. The summed E-state index contributed by atoms with van der Waals surface area (Å²) in [7, 11) is -10.4. The highest BCUT2D eigenvalue weighted by molar-refractivity contribution is 8.33. The molecule has 0 spiro atoms. The maximum atomic E-state index is 15.6.